The van der Waals surface area contributed by atoms with Gasteiger partial charge in [0.15, 0.2) is 0 Å². The Kier molecular flexibility index (Phi) is 4.73. The van der Waals surface area contributed by atoms with Crippen LogP contribution in [0.5, 0.6) is 0 Å². The summed E-state index contributed by atoms with van der Waals surface area (Å²) < 4.78 is 51.1. The van der Waals surface area contributed by atoms with Gasteiger partial charge < -0.3 is 10.8 Å². The Bertz CT molecular complexity index is 627. The second kappa shape index (κ2) is 5.92. The van der Waals surface area contributed by atoms with Crippen molar-refractivity contribution in [2.45, 2.75) is 17.4 Å². The van der Waals surface area contributed by atoms with Crippen molar-refractivity contribution in [3.05, 3.63) is 29.8 Å². The van der Waals surface area contributed by atoms with E-state index < -0.39 is 50.9 Å². The van der Waals surface area contributed by atoms with Crippen LogP contribution < -0.4 is 10.5 Å². The van der Waals surface area contributed by atoms with Crippen LogP contribution in [0.3, 0.4) is 0 Å². The molecule has 0 radical (unpaired) electrons. The van der Waals surface area contributed by atoms with Gasteiger partial charge in [0.2, 0.25) is 15.9 Å². The highest BCUT2D eigenvalue weighted by Gasteiger charge is 2.27. The lowest BCUT2D eigenvalue weighted by atomic mass is 10.2. The smallest absolute Gasteiger partial charge is 0.322 e. The summed E-state index contributed by atoms with van der Waals surface area (Å²) in [6.07, 6.45) is -0.799. The molecular formula is C10H10F2N2O5S. The summed E-state index contributed by atoms with van der Waals surface area (Å²) in [7, 11) is -4.51. The summed E-state index contributed by atoms with van der Waals surface area (Å²) >= 11 is 0. The molecule has 1 aromatic rings. The molecule has 10 heteroatoms. The molecule has 0 saturated heterocycles. The minimum absolute atomic E-state index is 0.455. The molecule has 0 aliphatic rings. The molecule has 1 aromatic carbocycles. The van der Waals surface area contributed by atoms with Crippen molar-refractivity contribution in [1.29, 1.82) is 0 Å². The molecule has 0 aliphatic heterocycles. The number of rotatable bonds is 6. The second-order valence-electron chi connectivity index (χ2n) is 3.79. The Labute approximate surface area is 112 Å². The third-order valence-corrected chi connectivity index (χ3v) is 3.60. The molecule has 1 amide bonds. The zero-order valence-electron chi connectivity index (χ0n) is 9.84. The number of hydrogen-bond donors (Lipinski definition) is 3. The van der Waals surface area contributed by atoms with Crippen molar-refractivity contribution >= 4 is 21.9 Å². The number of carboxylic acids is 1. The Morgan fingerprint density at radius 1 is 1.25 bits per heavy atom. The maximum atomic E-state index is 12.9. The van der Waals surface area contributed by atoms with Crippen molar-refractivity contribution in [3.8, 4) is 0 Å². The Morgan fingerprint density at radius 3 is 2.15 bits per heavy atom. The van der Waals surface area contributed by atoms with Crippen molar-refractivity contribution < 1.29 is 31.9 Å². The Balaban J connectivity index is 3.09. The van der Waals surface area contributed by atoms with Crippen LogP contribution in [-0.2, 0) is 19.6 Å². The van der Waals surface area contributed by atoms with E-state index in [4.69, 9.17) is 10.8 Å². The number of primary amides is 1. The third-order valence-electron chi connectivity index (χ3n) is 2.15. The number of carboxylic acid groups (broad SMARTS) is 1. The number of benzene rings is 1. The van der Waals surface area contributed by atoms with Gasteiger partial charge in [-0.3, -0.25) is 9.59 Å². The van der Waals surface area contributed by atoms with Crippen molar-refractivity contribution in [2.75, 3.05) is 0 Å². The van der Waals surface area contributed by atoms with Gasteiger partial charge in [-0.25, -0.2) is 17.2 Å². The van der Waals surface area contributed by atoms with E-state index in [1.165, 1.54) is 0 Å². The van der Waals surface area contributed by atoms with Crippen LogP contribution >= 0.6 is 0 Å². The van der Waals surface area contributed by atoms with E-state index in [0.29, 0.717) is 18.2 Å². The van der Waals surface area contributed by atoms with Crippen LogP contribution in [0.15, 0.2) is 23.1 Å². The van der Waals surface area contributed by atoms with E-state index in [1.54, 1.807) is 4.72 Å². The summed E-state index contributed by atoms with van der Waals surface area (Å²) in [6.45, 7) is 0. The number of aliphatic carboxylic acids is 1. The SMILES string of the molecule is NC(=O)C[C@H](NS(=O)(=O)c1cc(F)cc(F)c1)C(=O)O. The van der Waals surface area contributed by atoms with Crippen LogP contribution in [0.1, 0.15) is 6.42 Å². The van der Waals surface area contributed by atoms with Gasteiger partial charge in [0.1, 0.15) is 17.7 Å². The van der Waals surface area contributed by atoms with Gasteiger partial charge in [0.25, 0.3) is 0 Å². The van der Waals surface area contributed by atoms with Gasteiger partial charge in [0, 0.05) is 6.07 Å². The molecule has 4 N–H and O–H groups in total. The van der Waals surface area contributed by atoms with Gasteiger partial charge >= 0.3 is 5.97 Å². The van der Waals surface area contributed by atoms with E-state index in [9.17, 15) is 26.8 Å². The molecule has 0 fully saturated rings. The molecule has 0 heterocycles. The molecule has 1 rings (SSSR count). The van der Waals surface area contributed by atoms with Crippen LogP contribution in [0.2, 0.25) is 0 Å². The molecule has 0 unspecified atom stereocenters. The Morgan fingerprint density at radius 2 is 1.75 bits per heavy atom. The topological polar surface area (TPSA) is 127 Å². The van der Waals surface area contributed by atoms with E-state index in [2.05, 4.69) is 0 Å². The van der Waals surface area contributed by atoms with Gasteiger partial charge in [-0.2, -0.15) is 4.72 Å². The summed E-state index contributed by atoms with van der Waals surface area (Å²) in [5.74, 6) is -4.99. The van der Waals surface area contributed by atoms with Crippen LogP contribution in [0, 0.1) is 11.6 Å². The molecule has 0 spiro atoms. The number of nitrogens with two attached hydrogens (primary N) is 1. The normalized spacial score (nSPS) is 12.9. The summed E-state index contributed by atoms with van der Waals surface area (Å²) in [5.41, 5.74) is 4.78. The summed E-state index contributed by atoms with van der Waals surface area (Å²) in [5, 5.41) is 8.76. The molecule has 0 aromatic heterocycles. The summed E-state index contributed by atoms with van der Waals surface area (Å²) in [6, 6.07) is -0.357. The first kappa shape index (κ1) is 16.0. The first-order valence-electron chi connectivity index (χ1n) is 5.11. The molecule has 110 valence electrons. The minimum atomic E-state index is -4.51. The summed E-state index contributed by atoms with van der Waals surface area (Å²) in [4.78, 5) is 20.6. The highest BCUT2D eigenvalue weighted by atomic mass is 32.2. The van der Waals surface area contributed by atoms with Gasteiger partial charge in [-0.15, -0.1) is 0 Å². The fourth-order valence-electron chi connectivity index (χ4n) is 1.32. The molecule has 0 aliphatic carbocycles. The van der Waals surface area contributed by atoms with Crippen LogP contribution in [-0.4, -0.2) is 31.4 Å². The fraction of sp³-hybridized carbons (Fsp3) is 0.200. The Hall–Kier alpha value is -2.07. The lowest BCUT2D eigenvalue weighted by Crippen LogP contribution is -2.43. The number of hydrogen-bond acceptors (Lipinski definition) is 4. The van der Waals surface area contributed by atoms with Crippen molar-refractivity contribution in [1.82, 2.24) is 4.72 Å². The van der Waals surface area contributed by atoms with Gasteiger partial charge in [0.05, 0.1) is 11.3 Å². The van der Waals surface area contributed by atoms with Crippen LogP contribution in [0.4, 0.5) is 8.78 Å². The fourth-order valence-corrected chi connectivity index (χ4v) is 2.55. The van der Waals surface area contributed by atoms with E-state index in [-0.39, 0.29) is 0 Å². The molecule has 1 atom stereocenters. The van der Waals surface area contributed by atoms with E-state index in [1.807, 2.05) is 0 Å². The van der Waals surface area contributed by atoms with Crippen molar-refractivity contribution in [3.63, 3.8) is 0 Å². The number of halogens is 2. The highest BCUT2D eigenvalue weighted by molar-refractivity contribution is 7.89. The van der Waals surface area contributed by atoms with Gasteiger partial charge in [-0.1, -0.05) is 0 Å². The molecular weight excluding hydrogens is 298 g/mol. The lowest BCUT2D eigenvalue weighted by molar-refractivity contribution is -0.140. The monoisotopic (exact) mass is 308 g/mol. The van der Waals surface area contributed by atoms with Crippen molar-refractivity contribution in [2.24, 2.45) is 5.73 Å². The maximum absolute atomic E-state index is 12.9. The largest absolute Gasteiger partial charge is 0.480 e. The van der Waals surface area contributed by atoms with Gasteiger partial charge in [-0.05, 0) is 12.1 Å². The third kappa shape index (κ3) is 4.24. The standard InChI is InChI=1S/C10H10F2N2O5S/c11-5-1-6(12)3-7(2-5)20(18,19)14-8(10(16)17)4-9(13)15/h1-3,8,14H,4H2,(H2,13,15)(H,16,17)/t8-/m0/s1. The second-order valence-corrected chi connectivity index (χ2v) is 5.50. The van der Waals surface area contributed by atoms with E-state index in [0.717, 1.165) is 0 Å². The number of sulfonamides is 1. The molecule has 7 nitrogen and oxygen atoms in total. The first-order valence-corrected chi connectivity index (χ1v) is 6.59. The number of carbonyl (C=O) groups excluding carboxylic acids is 1. The number of amides is 1. The molecule has 20 heavy (non-hydrogen) atoms. The highest BCUT2D eigenvalue weighted by Crippen LogP contribution is 2.14. The quantitative estimate of drug-likeness (QED) is 0.657. The molecule has 0 bridgehead atoms. The van der Waals surface area contributed by atoms with E-state index >= 15 is 0 Å². The predicted octanol–water partition coefficient (Wildman–Crippen LogP) is -0.428. The molecule has 0 saturated carbocycles. The number of carbonyl (C=O) groups is 2. The average Bonchev–Trinajstić information content (AvgIpc) is 2.25. The first-order chi connectivity index (χ1) is 9.11. The lowest BCUT2D eigenvalue weighted by Gasteiger charge is -2.13. The average molecular weight is 308 g/mol. The zero-order valence-corrected chi connectivity index (χ0v) is 10.7. The zero-order chi connectivity index (χ0) is 15.5. The van der Waals surface area contributed by atoms with Crippen LogP contribution in [0.25, 0.3) is 0 Å². The minimum Gasteiger partial charge on any atom is -0.480 e. The number of nitrogens with one attached hydrogen (secondary N) is 1. The predicted molar refractivity (Wildman–Crippen MR) is 61.9 cm³/mol. The maximum Gasteiger partial charge on any atom is 0.322 e.